The topological polar surface area (TPSA) is 47.0 Å². The Bertz CT molecular complexity index is 384. The number of halogens is 2. The summed E-state index contributed by atoms with van der Waals surface area (Å²) in [5, 5.41) is 3.76. The molecule has 0 unspecified atom stereocenters. The summed E-state index contributed by atoms with van der Waals surface area (Å²) in [6.45, 7) is 1.33. The number of anilines is 1. The van der Waals surface area contributed by atoms with Gasteiger partial charge in [0.1, 0.15) is 10.8 Å². The van der Waals surface area contributed by atoms with Crippen LogP contribution in [0.15, 0.2) is 6.20 Å². The number of aromatic nitrogens is 2. The highest BCUT2D eigenvalue weighted by Gasteiger charge is 2.13. The maximum atomic E-state index is 5.94. The molecule has 6 heteroatoms. The summed E-state index contributed by atoms with van der Waals surface area (Å²) in [6.07, 6.45) is 8.18. The second kappa shape index (κ2) is 7.12. The number of nitrogens with one attached hydrogen (secondary N) is 1. The zero-order valence-electron chi connectivity index (χ0n) is 10.2. The first-order chi connectivity index (χ1) is 8.75. The molecule has 1 heterocycles. The van der Waals surface area contributed by atoms with Gasteiger partial charge in [0.05, 0.1) is 18.9 Å². The molecule has 1 N–H and O–H groups in total. The summed E-state index contributed by atoms with van der Waals surface area (Å²) in [4.78, 5) is 7.80. The number of rotatable bonds is 5. The molecular formula is C12H17Cl2N3O. The van der Waals surface area contributed by atoms with E-state index in [0.717, 1.165) is 0 Å². The Balaban J connectivity index is 1.69. The first-order valence-corrected chi connectivity index (χ1v) is 7.05. The lowest BCUT2D eigenvalue weighted by Crippen LogP contribution is -2.20. The third-order valence-corrected chi connectivity index (χ3v) is 3.47. The Kier molecular flexibility index (Phi) is 5.47. The van der Waals surface area contributed by atoms with E-state index in [1.165, 1.54) is 38.3 Å². The van der Waals surface area contributed by atoms with E-state index in [-0.39, 0.29) is 5.28 Å². The van der Waals surface area contributed by atoms with E-state index >= 15 is 0 Å². The van der Waals surface area contributed by atoms with Gasteiger partial charge in [-0.2, -0.15) is 4.98 Å². The van der Waals surface area contributed by atoms with Crippen LogP contribution >= 0.6 is 23.2 Å². The van der Waals surface area contributed by atoms with Gasteiger partial charge < -0.3 is 10.1 Å². The van der Waals surface area contributed by atoms with Crippen molar-refractivity contribution < 1.29 is 4.74 Å². The summed E-state index contributed by atoms with van der Waals surface area (Å²) >= 11 is 11.6. The summed E-state index contributed by atoms with van der Waals surface area (Å²) < 4.78 is 5.79. The minimum Gasteiger partial charge on any atom is -0.376 e. The van der Waals surface area contributed by atoms with E-state index < -0.39 is 0 Å². The second-order valence-electron chi connectivity index (χ2n) is 4.39. The SMILES string of the molecule is Clc1ncc(Cl)c(NCCOC2CCCCC2)n1. The van der Waals surface area contributed by atoms with E-state index in [0.29, 0.717) is 30.1 Å². The van der Waals surface area contributed by atoms with Gasteiger partial charge in [0.25, 0.3) is 0 Å². The zero-order valence-corrected chi connectivity index (χ0v) is 11.7. The molecule has 1 aliphatic carbocycles. The average molecular weight is 290 g/mol. The molecule has 0 amide bonds. The molecular weight excluding hydrogens is 273 g/mol. The first-order valence-electron chi connectivity index (χ1n) is 6.29. The quantitative estimate of drug-likeness (QED) is 0.665. The number of hydrogen-bond acceptors (Lipinski definition) is 4. The van der Waals surface area contributed by atoms with E-state index in [9.17, 15) is 0 Å². The van der Waals surface area contributed by atoms with Crippen molar-refractivity contribution in [1.29, 1.82) is 0 Å². The average Bonchev–Trinajstić information content (AvgIpc) is 2.40. The molecule has 0 aliphatic heterocycles. The van der Waals surface area contributed by atoms with Crippen molar-refractivity contribution in [2.24, 2.45) is 0 Å². The fourth-order valence-electron chi connectivity index (χ4n) is 2.10. The maximum absolute atomic E-state index is 5.94. The second-order valence-corrected chi connectivity index (χ2v) is 5.14. The number of nitrogens with zero attached hydrogens (tertiary/aromatic N) is 2. The smallest absolute Gasteiger partial charge is 0.224 e. The van der Waals surface area contributed by atoms with Crippen LogP contribution in [-0.2, 0) is 4.74 Å². The lowest BCUT2D eigenvalue weighted by molar-refractivity contribution is 0.0347. The van der Waals surface area contributed by atoms with Gasteiger partial charge in [0.2, 0.25) is 5.28 Å². The molecule has 1 fully saturated rings. The lowest BCUT2D eigenvalue weighted by Gasteiger charge is -2.22. The van der Waals surface area contributed by atoms with Crippen molar-refractivity contribution in [1.82, 2.24) is 9.97 Å². The predicted octanol–water partition coefficient (Wildman–Crippen LogP) is 3.54. The Morgan fingerprint density at radius 3 is 2.83 bits per heavy atom. The highest BCUT2D eigenvalue weighted by molar-refractivity contribution is 6.33. The third-order valence-electron chi connectivity index (χ3n) is 3.01. The highest BCUT2D eigenvalue weighted by Crippen LogP contribution is 2.21. The van der Waals surface area contributed by atoms with Gasteiger partial charge >= 0.3 is 0 Å². The number of ether oxygens (including phenoxy) is 1. The Morgan fingerprint density at radius 1 is 1.28 bits per heavy atom. The van der Waals surface area contributed by atoms with Gasteiger partial charge in [-0.05, 0) is 24.4 Å². The van der Waals surface area contributed by atoms with Crippen LogP contribution in [0.4, 0.5) is 5.82 Å². The minimum atomic E-state index is 0.190. The maximum Gasteiger partial charge on any atom is 0.224 e. The van der Waals surface area contributed by atoms with Crippen LogP contribution in [0.5, 0.6) is 0 Å². The Hall–Kier alpha value is -0.580. The van der Waals surface area contributed by atoms with Crippen LogP contribution in [0, 0.1) is 0 Å². The van der Waals surface area contributed by atoms with Crippen molar-refractivity contribution in [2.45, 2.75) is 38.2 Å². The van der Waals surface area contributed by atoms with Crippen molar-refractivity contribution >= 4 is 29.0 Å². The van der Waals surface area contributed by atoms with Gasteiger partial charge in [0, 0.05) is 6.54 Å². The van der Waals surface area contributed by atoms with Gasteiger partial charge in [-0.25, -0.2) is 4.98 Å². The largest absolute Gasteiger partial charge is 0.376 e. The normalized spacial score (nSPS) is 16.8. The van der Waals surface area contributed by atoms with E-state index in [2.05, 4.69) is 15.3 Å². The molecule has 0 aromatic carbocycles. The van der Waals surface area contributed by atoms with Crippen LogP contribution in [0.25, 0.3) is 0 Å². The minimum absolute atomic E-state index is 0.190. The van der Waals surface area contributed by atoms with Crippen LogP contribution < -0.4 is 5.32 Å². The number of hydrogen-bond donors (Lipinski definition) is 1. The van der Waals surface area contributed by atoms with Crippen LogP contribution in [-0.4, -0.2) is 29.2 Å². The summed E-state index contributed by atoms with van der Waals surface area (Å²) in [6, 6.07) is 0. The first kappa shape index (κ1) is 13.8. The third kappa shape index (κ3) is 4.26. The molecule has 18 heavy (non-hydrogen) atoms. The molecule has 1 aliphatic rings. The highest BCUT2D eigenvalue weighted by atomic mass is 35.5. The molecule has 1 saturated carbocycles. The summed E-state index contributed by atoms with van der Waals surface area (Å²) in [5.41, 5.74) is 0. The van der Waals surface area contributed by atoms with Gasteiger partial charge in [0.15, 0.2) is 0 Å². The van der Waals surface area contributed by atoms with Crippen LogP contribution in [0.3, 0.4) is 0 Å². The standard InChI is InChI=1S/C12H17Cl2N3O/c13-10-8-16-12(14)17-11(10)15-6-7-18-9-4-2-1-3-5-9/h8-9H,1-7H2,(H,15,16,17). The zero-order chi connectivity index (χ0) is 12.8. The van der Waals surface area contributed by atoms with Crippen molar-refractivity contribution in [3.8, 4) is 0 Å². The molecule has 0 radical (unpaired) electrons. The summed E-state index contributed by atoms with van der Waals surface area (Å²) in [7, 11) is 0. The van der Waals surface area contributed by atoms with E-state index in [4.69, 9.17) is 27.9 Å². The molecule has 4 nitrogen and oxygen atoms in total. The molecule has 2 rings (SSSR count). The van der Waals surface area contributed by atoms with Gasteiger partial charge in [-0.3, -0.25) is 0 Å². The van der Waals surface area contributed by atoms with Gasteiger partial charge in [-0.1, -0.05) is 30.9 Å². The Morgan fingerprint density at radius 2 is 2.06 bits per heavy atom. The van der Waals surface area contributed by atoms with Crippen molar-refractivity contribution in [3.63, 3.8) is 0 Å². The molecule has 0 atom stereocenters. The molecule has 0 bridgehead atoms. The van der Waals surface area contributed by atoms with E-state index in [1.54, 1.807) is 0 Å². The molecule has 0 spiro atoms. The Labute approximate surface area is 117 Å². The molecule has 1 aromatic heterocycles. The van der Waals surface area contributed by atoms with E-state index in [1.807, 2.05) is 0 Å². The van der Waals surface area contributed by atoms with Crippen LogP contribution in [0.1, 0.15) is 32.1 Å². The summed E-state index contributed by atoms with van der Waals surface area (Å²) in [5.74, 6) is 0.559. The van der Waals surface area contributed by atoms with Crippen molar-refractivity contribution in [2.75, 3.05) is 18.5 Å². The monoisotopic (exact) mass is 289 g/mol. The molecule has 0 saturated heterocycles. The molecule has 1 aromatic rings. The lowest BCUT2D eigenvalue weighted by atomic mass is 9.98. The van der Waals surface area contributed by atoms with Gasteiger partial charge in [-0.15, -0.1) is 0 Å². The fraction of sp³-hybridized carbons (Fsp3) is 0.667. The van der Waals surface area contributed by atoms with Crippen LogP contribution in [0.2, 0.25) is 10.3 Å². The van der Waals surface area contributed by atoms with Crippen molar-refractivity contribution in [3.05, 3.63) is 16.5 Å². The predicted molar refractivity (Wildman–Crippen MR) is 73.4 cm³/mol. The molecule has 100 valence electrons. The fourth-order valence-corrected chi connectivity index (χ4v) is 2.39.